The van der Waals surface area contributed by atoms with Crippen molar-refractivity contribution < 1.29 is 0 Å². The Morgan fingerprint density at radius 1 is 0.322 bits per heavy atom. The van der Waals surface area contributed by atoms with Crippen molar-refractivity contribution in [1.82, 2.24) is 24.1 Å². The van der Waals surface area contributed by atoms with Gasteiger partial charge < -0.3 is 9.13 Å². The average molecular weight is 773 g/mol. The van der Waals surface area contributed by atoms with Crippen LogP contribution >= 0.6 is 0 Å². The second-order valence-corrected chi connectivity index (χ2v) is 17.9. The first-order valence-corrected chi connectivity index (χ1v) is 22.5. The van der Waals surface area contributed by atoms with Crippen molar-refractivity contribution in [2.75, 3.05) is 0 Å². The largest absolute Gasteiger partial charge is 0.345 e. The van der Waals surface area contributed by atoms with Crippen molar-refractivity contribution in [2.45, 2.75) is 13.1 Å². The maximum absolute atomic E-state index is 4.98. The topological polar surface area (TPSA) is 48.5 Å². The lowest BCUT2D eigenvalue weighted by Gasteiger charge is -2.11. The molecule has 0 atom stereocenters. The Labute approximate surface area is 344 Å². The van der Waals surface area contributed by atoms with Crippen molar-refractivity contribution in [3.8, 4) is 56.7 Å². The Bertz CT molecular complexity index is 3270. The average Bonchev–Trinajstić information content (AvgIpc) is 3.81. The molecule has 0 amide bonds. The van der Waals surface area contributed by atoms with Crippen molar-refractivity contribution >= 4 is 57.6 Å². The highest BCUT2D eigenvalue weighted by Crippen LogP contribution is 2.38. The third kappa shape index (κ3) is 6.04. The van der Waals surface area contributed by atoms with Crippen LogP contribution in [0.1, 0.15) is 0 Å². The number of nitrogens with zero attached hydrogens (tertiary/aromatic N) is 5. The van der Waals surface area contributed by atoms with Gasteiger partial charge in [0, 0.05) is 49.6 Å². The maximum atomic E-state index is 4.98. The molecule has 0 spiro atoms. The van der Waals surface area contributed by atoms with Gasteiger partial charge in [0.1, 0.15) is 0 Å². The number of hydrogen-bond donors (Lipinski definition) is 0. The van der Waals surface area contributed by atoms with E-state index in [1.807, 2.05) is 60.7 Å². The molecule has 0 aliphatic carbocycles. The predicted molar refractivity (Wildman–Crippen MR) is 247 cm³/mol. The van der Waals surface area contributed by atoms with Gasteiger partial charge in [0.2, 0.25) is 0 Å². The van der Waals surface area contributed by atoms with Crippen LogP contribution in [-0.4, -0.2) is 32.9 Å². The quantitative estimate of drug-likeness (QED) is 0.152. The van der Waals surface area contributed by atoms with Crippen LogP contribution in [0.25, 0.3) is 100 Å². The highest BCUT2D eigenvalue weighted by atomic mass is 28.3. The number of hydrogen-bond acceptors (Lipinski definition) is 3. The minimum atomic E-state index is -0.514. The lowest BCUT2D eigenvalue weighted by atomic mass is 10.0. The molecule has 3 aromatic heterocycles. The molecule has 11 aromatic rings. The molecule has 0 saturated carbocycles. The van der Waals surface area contributed by atoms with Crippen LogP contribution in [0.3, 0.4) is 0 Å². The second kappa shape index (κ2) is 14.2. The lowest BCUT2D eigenvalue weighted by molar-refractivity contribution is 1.07. The zero-order valence-corrected chi connectivity index (χ0v) is 33.7. The molecular formula is C53H38N5Si+. The van der Waals surface area contributed by atoms with Gasteiger partial charge in [-0.1, -0.05) is 115 Å². The fourth-order valence-electron chi connectivity index (χ4n) is 8.50. The molecule has 11 rings (SSSR count). The molecule has 3 heterocycles. The Hall–Kier alpha value is -7.41. The van der Waals surface area contributed by atoms with Gasteiger partial charge in [0.25, 0.3) is 0 Å². The molecule has 278 valence electrons. The van der Waals surface area contributed by atoms with E-state index < -0.39 is 8.80 Å². The lowest BCUT2D eigenvalue weighted by Crippen LogP contribution is -2.21. The smallest absolute Gasteiger partial charge is 0.309 e. The van der Waals surface area contributed by atoms with Gasteiger partial charge in [-0.3, -0.25) is 0 Å². The highest BCUT2D eigenvalue weighted by molar-refractivity contribution is 6.70. The molecule has 0 bridgehead atoms. The molecule has 0 saturated heterocycles. The Morgan fingerprint density at radius 3 is 1.31 bits per heavy atom. The maximum Gasteiger partial charge on any atom is 0.345 e. The summed E-state index contributed by atoms with van der Waals surface area (Å²) in [5.41, 5.74) is 12.2. The van der Waals surface area contributed by atoms with Crippen molar-refractivity contribution in [2.24, 2.45) is 0 Å². The number of para-hydroxylation sites is 2. The summed E-state index contributed by atoms with van der Waals surface area (Å²) in [6, 6.07) is 69.3. The van der Waals surface area contributed by atoms with E-state index in [1.165, 1.54) is 54.6 Å². The van der Waals surface area contributed by atoms with Crippen LogP contribution in [0.5, 0.6) is 0 Å². The Morgan fingerprint density at radius 2 is 0.729 bits per heavy atom. The van der Waals surface area contributed by atoms with E-state index >= 15 is 0 Å². The van der Waals surface area contributed by atoms with Gasteiger partial charge in [0.15, 0.2) is 17.5 Å². The van der Waals surface area contributed by atoms with Crippen molar-refractivity contribution in [3.05, 3.63) is 194 Å². The monoisotopic (exact) mass is 772 g/mol. The SMILES string of the molecule is C[Si+](C)c1ccc(-n2c3ccccc3c3cc(-c4ccc5c6ccccc6n(-c6ccc(-c7nc(-c8ccccc8)nc(-c8ccccc8)n7)cc6)c5c4)ccc32)cc1. The molecule has 0 fully saturated rings. The first kappa shape index (κ1) is 34.8. The van der Waals surface area contributed by atoms with E-state index in [2.05, 4.69) is 156 Å². The zero-order valence-electron chi connectivity index (χ0n) is 32.7. The summed E-state index contributed by atoms with van der Waals surface area (Å²) < 4.78 is 4.78. The molecule has 0 aliphatic rings. The highest BCUT2D eigenvalue weighted by Gasteiger charge is 2.19. The summed E-state index contributed by atoms with van der Waals surface area (Å²) in [7, 11) is -0.514. The normalized spacial score (nSPS) is 11.6. The number of fused-ring (bicyclic) bond motifs is 6. The minimum Gasteiger partial charge on any atom is -0.309 e. The van der Waals surface area contributed by atoms with E-state index in [-0.39, 0.29) is 0 Å². The predicted octanol–water partition coefficient (Wildman–Crippen LogP) is 12.7. The summed E-state index contributed by atoms with van der Waals surface area (Å²) in [4.78, 5) is 14.8. The van der Waals surface area contributed by atoms with E-state index in [0.717, 1.165) is 33.4 Å². The fraction of sp³-hybridized carbons (Fsp3) is 0.0377. The van der Waals surface area contributed by atoms with Crippen molar-refractivity contribution in [1.29, 1.82) is 0 Å². The molecule has 5 nitrogen and oxygen atoms in total. The molecular weight excluding hydrogens is 735 g/mol. The molecule has 8 aromatic carbocycles. The third-order valence-electron chi connectivity index (χ3n) is 11.5. The van der Waals surface area contributed by atoms with Crippen LogP contribution in [-0.2, 0) is 0 Å². The van der Waals surface area contributed by atoms with Gasteiger partial charge in [-0.2, -0.15) is 0 Å². The van der Waals surface area contributed by atoms with Gasteiger partial charge in [-0.05, 0) is 90.0 Å². The summed E-state index contributed by atoms with van der Waals surface area (Å²) in [6.07, 6.45) is 0. The molecule has 59 heavy (non-hydrogen) atoms. The fourth-order valence-corrected chi connectivity index (χ4v) is 9.33. The summed E-state index contributed by atoms with van der Waals surface area (Å²) in [5, 5.41) is 6.39. The van der Waals surface area contributed by atoms with Crippen LogP contribution < -0.4 is 5.19 Å². The first-order valence-electron chi connectivity index (χ1n) is 20.0. The third-order valence-corrected chi connectivity index (χ3v) is 13.0. The molecule has 0 radical (unpaired) electrons. The summed E-state index contributed by atoms with van der Waals surface area (Å²) in [5.74, 6) is 1.94. The standard InChI is InChI=1S/C53H38N5Si/c1-59(2)42-29-27-41(28-30-42)57-48-20-12-10-18-44(48)46-33-38(24-32-49(46)57)39-23-31-45-43-17-9-11-19-47(43)58(50(45)34-39)40-25-21-37(22-26-40)53-55-51(35-13-5-3-6-14-35)54-52(56-53)36-15-7-4-8-16-36/h3-34H,1-2H3/q+1. The second-order valence-electron chi connectivity index (χ2n) is 15.3. The van der Waals surface area contributed by atoms with E-state index in [0.29, 0.717) is 17.5 Å². The van der Waals surface area contributed by atoms with Crippen molar-refractivity contribution in [3.63, 3.8) is 0 Å². The number of rotatable bonds is 7. The van der Waals surface area contributed by atoms with E-state index in [1.54, 1.807) is 0 Å². The molecule has 6 heteroatoms. The van der Waals surface area contributed by atoms with Gasteiger partial charge in [0.05, 0.1) is 40.3 Å². The number of aromatic nitrogens is 5. The van der Waals surface area contributed by atoms with E-state index in [9.17, 15) is 0 Å². The molecule has 0 N–H and O–H groups in total. The van der Waals surface area contributed by atoms with Gasteiger partial charge in [-0.25, -0.2) is 15.0 Å². The van der Waals surface area contributed by atoms with Crippen LogP contribution in [0.2, 0.25) is 13.1 Å². The van der Waals surface area contributed by atoms with E-state index in [4.69, 9.17) is 15.0 Å². The molecule has 0 unspecified atom stereocenters. The number of benzene rings is 8. The van der Waals surface area contributed by atoms with Crippen LogP contribution in [0.4, 0.5) is 0 Å². The molecule has 0 aliphatic heterocycles. The van der Waals surface area contributed by atoms with Gasteiger partial charge in [-0.15, -0.1) is 0 Å². The van der Waals surface area contributed by atoms with Gasteiger partial charge >= 0.3 is 8.80 Å². The van der Waals surface area contributed by atoms with Crippen LogP contribution in [0.15, 0.2) is 194 Å². The zero-order chi connectivity index (χ0) is 39.5. The summed E-state index contributed by atoms with van der Waals surface area (Å²) >= 11 is 0. The Balaban J connectivity index is 1.02. The van der Waals surface area contributed by atoms with Crippen LogP contribution in [0, 0.1) is 0 Å². The first-order chi connectivity index (χ1) is 29.1. The Kier molecular flexibility index (Phi) is 8.38. The minimum absolute atomic E-state index is 0.514. The summed E-state index contributed by atoms with van der Waals surface area (Å²) in [6.45, 7) is 4.69.